The Hall–Kier alpha value is -1.59. The minimum atomic E-state index is -0.644. The van der Waals surface area contributed by atoms with Gasteiger partial charge in [0.25, 0.3) is 5.91 Å². The number of aliphatic hydroxyl groups excluding tert-OH is 1. The Bertz CT molecular complexity index is 445. The van der Waals surface area contributed by atoms with Crippen molar-refractivity contribution < 1.29 is 19.4 Å². The average Bonchev–Trinajstić information content (AvgIpc) is 2.38. The van der Waals surface area contributed by atoms with E-state index in [-0.39, 0.29) is 5.91 Å². The maximum absolute atomic E-state index is 11.8. The van der Waals surface area contributed by atoms with Gasteiger partial charge in [0, 0.05) is 19.2 Å². The third-order valence-electron chi connectivity index (χ3n) is 2.90. The highest BCUT2D eigenvalue weighted by Crippen LogP contribution is 2.27. The number of nitrogens with one attached hydrogen (secondary N) is 1. The number of carbonyl (C=O) groups excluding carboxylic acids is 1. The molecule has 2 N–H and O–H groups in total. The maximum atomic E-state index is 11.8. The van der Waals surface area contributed by atoms with Gasteiger partial charge in [0.05, 0.1) is 12.7 Å². The van der Waals surface area contributed by atoms with E-state index in [2.05, 4.69) is 5.32 Å². The monoisotopic (exact) mass is 281 g/mol. The van der Waals surface area contributed by atoms with Crippen molar-refractivity contribution in [2.45, 2.75) is 33.0 Å². The fourth-order valence-electron chi connectivity index (χ4n) is 1.75. The van der Waals surface area contributed by atoms with E-state index in [0.717, 1.165) is 5.56 Å². The Morgan fingerprint density at radius 1 is 1.40 bits per heavy atom. The molecule has 1 unspecified atom stereocenters. The third-order valence-corrected chi connectivity index (χ3v) is 2.90. The number of benzene rings is 1. The van der Waals surface area contributed by atoms with Gasteiger partial charge in [-0.25, -0.2) is 0 Å². The number of hydrogen-bond acceptors (Lipinski definition) is 4. The van der Waals surface area contributed by atoms with Crippen molar-refractivity contribution in [3.63, 3.8) is 0 Å². The molecule has 112 valence electrons. The van der Waals surface area contributed by atoms with E-state index in [0.29, 0.717) is 24.5 Å². The van der Waals surface area contributed by atoms with Crippen LogP contribution in [0.5, 0.6) is 5.75 Å². The lowest BCUT2D eigenvalue weighted by molar-refractivity contribution is -0.127. The molecule has 0 bridgehead atoms. The van der Waals surface area contributed by atoms with Gasteiger partial charge < -0.3 is 19.9 Å². The van der Waals surface area contributed by atoms with Crippen molar-refractivity contribution >= 4 is 5.91 Å². The van der Waals surface area contributed by atoms with E-state index in [4.69, 9.17) is 9.47 Å². The molecule has 0 aliphatic heterocycles. The molecule has 1 rings (SSSR count). The van der Waals surface area contributed by atoms with Gasteiger partial charge in [-0.3, -0.25) is 4.79 Å². The molecule has 0 aliphatic rings. The van der Waals surface area contributed by atoms with Crippen LogP contribution in [0.3, 0.4) is 0 Å². The Labute approximate surface area is 119 Å². The van der Waals surface area contributed by atoms with Crippen LogP contribution in [-0.4, -0.2) is 37.4 Å². The van der Waals surface area contributed by atoms with Gasteiger partial charge >= 0.3 is 0 Å². The largest absolute Gasteiger partial charge is 0.481 e. The van der Waals surface area contributed by atoms with Crippen LogP contribution in [0.4, 0.5) is 0 Å². The first-order valence-electron chi connectivity index (χ1n) is 6.67. The topological polar surface area (TPSA) is 67.8 Å². The predicted octanol–water partition coefficient (Wildman–Crippen LogP) is 1.58. The van der Waals surface area contributed by atoms with Crippen molar-refractivity contribution in [1.82, 2.24) is 5.32 Å². The molecule has 0 saturated carbocycles. The number of amides is 1. The quantitative estimate of drug-likeness (QED) is 0.745. The molecule has 2 atom stereocenters. The number of aliphatic hydroxyl groups is 1. The molecule has 0 radical (unpaired) electrons. The Morgan fingerprint density at radius 2 is 2.10 bits per heavy atom. The molecule has 0 aromatic heterocycles. The highest BCUT2D eigenvalue weighted by molar-refractivity contribution is 5.80. The lowest BCUT2D eigenvalue weighted by Crippen LogP contribution is -2.38. The lowest BCUT2D eigenvalue weighted by Gasteiger charge is -2.19. The first-order valence-corrected chi connectivity index (χ1v) is 6.67. The number of methoxy groups -OCH3 is 1. The van der Waals surface area contributed by atoms with Gasteiger partial charge in [-0.1, -0.05) is 12.1 Å². The SMILES string of the molecule is COCCNC(=O)C(C)Oc1cc(C)ccc1[C@@H](C)O. The third kappa shape index (κ3) is 4.83. The van der Waals surface area contributed by atoms with Crippen molar-refractivity contribution in [1.29, 1.82) is 0 Å². The summed E-state index contributed by atoms with van der Waals surface area (Å²) < 4.78 is 10.5. The molecule has 0 aliphatic carbocycles. The van der Waals surface area contributed by atoms with Gasteiger partial charge in [-0.2, -0.15) is 0 Å². The minimum absolute atomic E-state index is 0.208. The van der Waals surface area contributed by atoms with Crippen molar-refractivity contribution in [2.75, 3.05) is 20.3 Å². The molecule has 5 heteroatoms. The molecule has 1 aromatic carbocycles. The summed E-state index contributed by atoms with van der Waals surface area (Å²) in [6, 6.07) is 5.53. The summed E-state index contributed by atoms with van der Waals surface area (Å²) >= 11 is 0. The van der Waals surface area contributed by atoms with Gasteiger partial charge in [0.2, 0.25) is 0 Å². The zero-order valence-electron chi connectivity index (χ0n) is 12.5. The van der Waals surface area contributed by atoms with Crippen LogP contribution in [0.25, 0.3) is 0 Å². The summed E-state index contributed by atoms with van der Waals surface area (Å²) in [6.07, 6.45) is -1.28. The molecule has 0 heterocycles. The van der Waals surface area contributed by atoms with E-state index in [1.165, 1.54) is 0 Å². The van der Waals surface area contributed by atoms with E-state index < -0.39 is 12.2 Å². The van der Waals surface area contributed by atoms with Crippen LogP contribution < -0.4 is 10.1 Å². The van der Waals surface area contributed by atoms with Gasteiger partial charge in [0.1, 0.15) is 5.75 Å². The summed E-state index contributed by atoms with van der Waals surface area (Å²) in [5, 5.41) is 12.4. The first-order chi connectivity index (χ1) is 9.45. The molecule has 1 amide bonds. The fourth-order valence-corrected chi connectivity index (χ4v) is 1.75. The molecule has 0 spiro atoms. The maximum Gasteiger partial charge on any atom is 0.260 e. The summed E-state index contributed by atoms with van der Waals surface area (Å²) in [6.45, 7) is 6.18. The smallest absolute Gasteiger partial charge is 0.260 e. The zero-order valence-corrected chi connectivity index (χ0v) is 12.5. The highest BCUT2D eigenvalue weighted by Gasteiger charge is 2.17. The fraction of sp³-hybridized carbons (Fsp3) is 0.533. The van der Waals surface area contributed by atoms with E-state index in [1.807, 2.05) is 25.1 Å². The normalized spacial score (nSPS) is 13.7. The minimum Gasteiger partial charge on any atom is -0.481 e. The second kappa shape index (κ2) is 7.87. The van der Waals surface area contributed by atoms with Crippen molar-refractivity contribution in [3.8, 4) is 5.75 Å². The number of hydrogen-bond donors (Lipinski definition) is 2. The number of aryl methyl sites for hydroxylation is 1. The molecular weight excluding hydrogens is 258 g/mol. The number of carbonyl (C=O) groups is 1. The first kappa shape index (κ1) is 16.5. The Balaban J connectivity index is 2.71. The van der Waals surface area contributed by atoms with Gasteiger partial charge in [-0.15, -0.1) is 0 Å². The highest BCUT2D eigenvalue weighted by atomic mass is 16.5. The second-order valence-electron chi connectivity index (χ2n) is 4.76. The molecule has 1 aromatic rings. The van der Waals surface area contributed by atoms with Gasteiger partial charge in [-0.05, 0) is 32.4 Å². The Kier molecular flexibility index (Phi) is 6.48. The van der Waals surface area contributed by atoms with Crippen molar-refractivity contribution in [2.24, 2.45) is 0 Å². The van der Waals surface area contributed by atoms with Crippen LogP contribution in [0.2, 0.25) is 0 Å². The van der Waals surface area contributed by atoms with Crippen LogP contribution >= 0.6 is 0 Å². The number of ether oxygens (including phenoxy) is 2. The molecule has 0 fully saturated rings. The average molecular weight is 281 g/mol. The van der Waals surface area contributed by atoms with Gasteiger partial charge in [0.15, 0.2) is 6.10 Å². The summed E-state index contributed by atoms with van der Waals surface area (Å²) in [7, 11) is 1.58. The standard InChI is InChI=1S/C15H23NO4/c1-10-5-6-13(11(2)17)14(9-10)20-12(3)15(18)16-7-8-19-4/h5-6,9,11-12,17H,7-8H2,1-4H3,(H,16,18)/t11-,12?/m1/s1. The predicted molar refractivity (Wildman–Crippen MR) is 76.8 cm³/mol. The van der Waals surface area contributed by atoms with Crippen LogP contribution in [-0.2, 0) is 9.53 Å². The molecule has 20 heavy (non-hydrogen) atoms. The van der Waals surface area contributed by atoms with E-state index in [9.17, 15) is 9.90 Å². The Morgan fingerprint density at radius 3 is 2.70 bits per heavy atom. The lowest BCUT2D eigenvalue weighted by atomic mass is 10.1. The number of rotatable bonds is 7. The van der Waals surface area contributed by atoms with E-state index >= 15 is 0 Å². The van der Waals surface area contributed by atoms with E-state index in [1.54, 1.807) is 21.0 Å². The van der Waals surface area contributed by atoms with Crippen LogP contribution in [0.15, 0.2) is 18.2 Å². The molecule has 0 saturated heterocycles. The molecular formula is C15H23NO4. The van der Waals surface area contributed by atoms with Crippen LogP contribution in [0, 0.1) is 6.92 Å². The summed E-state index contributed by atoms with van der Waals surface area (Å²) in [4.78, 5) is 11.8. The summed E-state index contributed by atoms with van der Waals surface area (Å²) in [5.41, 5.74) is 1.68. The van der Waals surface area contributed by atoms with Crippen molar-refractivity contribution in [3.05, 3.63) is 29.3 Å². The zero-order chi connectivity index (χ0) is 15.1. The second-order valence-corrected chi connectivity index (χ2v) is 4.76. The summed E-state index contributed by atoms with van der Waals surface area (Å²) in [5.74, 6) is 0.328. The van der Waals surface area contributed by atoms with Crippen LogP contribution in [0.1, 0.15) is 31.1 Å². The molecule has 5 nitrogen and oxygen atoms in total.